The van der Waals surface area contributed by atoms with Crippen LogP contribution in [0.2, 0.25) is 5.02 Å². The molecule has 2 nitrogen and oxygen atoms in total. The molecule has 0 radical (unpaired) electrons. The SMILES string of the molecule is CC1C2CCC1c1c2c(O)c2ccc(Cl)cc2c1O. The number of phenols is 2. The summed E-state index contributed by atoms with van der Waals surface area (Å²) in [4.78, 5) is 0. The highest BCUT2D eigenvalue weighted by Gasteiger charge is 2.47. The summed E-state index contributed by atoms with van der Waals surface area (Å²) in [6.45, 7) is 2.22. The summed E-state index contributed by atoms with van der Waals surface area (Å²) in [6.07, 6.45) is 2.23. The first-order valence-electron chi connectivity index (χ1n) is 6.76. The molecule has 2 aromatic carbocycles. The molecule has 2 N–H and O–H groups in total. The van der Waals surface area contributed by atoms with Crippen molar-refractivity contribution in [2.45, 2.75) is 31.6 Å². The number of rotatable bonds is 0. The fourth-order valence-electron chi connectivity index (χ4n) is 4.19. The molecule has 3 atom stereocenters. The fourth-order valence-corrected chi connectivity index (χ4v) is 4.37. The third-order valence-electron chi connectivity index (χ3n) is 5.09. The van der Waals surface area contributed by atoms with Crippen molar-refractivity contribution >= 4 is 22.4 Å². The van der Waals surface area contributed by atoms with Crippen molar-refractivity contribution in [2.75, 3.05) is 0 Å². The van der Waals surface area contributed by atoms with E-state index in [2.05, 4.69) is 6.92 Å². The van der Waals surface area contributed by atoms with E-state index in [1.807, 2.05) is 0 Å². The summed E-state index contributed by atoms with van der Waals surface area (Å²) >= 11 is 6.01. The third kappa shape index (κ3) is 1.28. The summed E-state index contributed by atoms with van der Waals surface area (Å²) in [7, 11) is 0. The first-order valence-corrected chi connectivity index (χ1v) is 7.14. The van der Waals surface area contributed by atoms with Crippen LogP contribution in [-0.2, 0) is 0 Å². The van der Waals surface area contributed by atoms with Crippen LogP contribution in [0.25, 0.3) is 10.8 Å². The minimum atomic E-state index is 0.323. The zero-order chi connectivity index (χ0) is 13.3. The molecule has 0 heterocycles. The second-order valence-electron chi connectivity index (χ2n) is 5.86. The van der Waals surface area contributed by atoms with Gasteiger partial charge < -0.3 is 10.2 Å². The van der Waals surface area contributed by atoms with Crippen molar-refractivity contribution < 1.29 is 10.2 Å². The van der Waals surface area contributed by atoms with E-state index in [0.717, 1.165) is 24.0 Å². The lowest BCUT2D eigenvalue weighted by atomic mass is 9.87. The van der Waals surface area contributed by atoms with E-state index < -0.39 is 0 Å². The number of hydrogen-bond donors (Lipinski definition) is 2. The predicted octanol–water partition coefficient (Wildman–Crippen LogP) is 4.52. The maximum absolute atomic E-state index is 10.6. The number of hydrogen-bond acceptors (Lipinski definition) is 2. The monoisotopic (exact) mass is 274 g/mol. The van der Waals surface area contributed by atoms with E-state index in [9.17, 15) is 10.2 Å². The van der Waals surface area contributed by atoms with Gasteiger partial charge in [-0.15, -0.1) is 0 Å². The second-order valence-corrected chi connectivity index (χ2v) is 6.30. The predicted molar refractivity (Wildman–Crippen MR) is 76.2 cm³/mol. The zero-order valence-electron chi connectivity index (χ0n) is 10.7. The van der Waals surface area contributed by atoms with Gasteiger partial charge in [-0.25, -0.2) is 0 Å². The van der Waals surface area contributed by atoms with E-state index in [1.54, 1.807) is 18.2 Å². The van der Waals surface area contributed by atoms with Crippen LogP contribution in [0.4, 0.5) is 0 Å². The Labute approximate surface area is 116 Å². The molecule has 19 heavy (non-hydrogen) atoms. The van der Waals surface area contributed by atoms with Gasteiger partial charge in [-0.05, 0) is 48.8 Å². The molecule has 2 bridgehead atoms. The van der Waals surface area contributed by atoms with Crippen LogP contribution < -0.4 is 0 Å². The smallest absolute Gasteiger partial charge is 0.127 e. The molecule has 4 rings (SSSR count). The molecular formula is C16H15ClO2. The van der Waals surface area contributed by atoms with Crippen molar-refractivity contribution in [2.24, 2.45) is 5.92 Å². The largest absolute Gasteiger partial charge is 0.507 e. The van der Waals surface area contributed by atoms with Crippen molar-refractivity contribution in [3.05, 3.63) is 34.3 Å². The highest BCUT2D eigenvalue weighted by Crippen LogP contribution is 2.63. The van der Waals surface area contributed by atoms with Crippen LogP contribution >= 0.6 is 11.6 Å². The number of phenolic OH excluding ortho intramolecular Hbond substituents is 2. The van der Waals surface area contributed by atoms with Gasteiger partial charge in [-0.3, -0.25) is 0 Å². The molecule has 0 saturated heterocycles. The standard InChI is InChI=1S/C16H15ClO2/c1-7-9-4-5-10(7)14-13(9)15(18)11-3-2-8(17)6-12(11)16(14)19/h2-3,6-7,9-10,18-19H,4-5H2,1H3. The molecule has 0 aliphatic heterocycles. The van der Waals surface area contributed by atoms with Gasteiger partial charge in [0, 0.05) is 26.9 Å². The van der Waals surface area contributed by atoms with Crippen LogP contribution in [0.1, 0.15) is 42.7 Å². The number of benzene rings is 2. The van der Waals surface area contributed by atoms with E-state index in [-0.39, 0.29) is 0 Å². The molecule has 2 aliphatic carbocycles. The Kier molecular flexibility index (Phi) is 2.15. The van der Waals surface area contributed by atoms with Gasteiger partial charge >= 0.3 is 0 Å². The average Bonchev–Trinajstić information content (AvgIpc) is 2.89. The van der Waals surface area contributed by atoms with Gasteiger partial charge in [-0.1, -0.05) is 18.5 Å². The third-order valence-corrected chi connectivity index (χ3v) is 5.33. The van der Waals surface area contributed by atoms with Crippen molar-refractivity contribution in [1.29, 1.82) is 0 Å². The van der Waals surface area contributed by atoms with Crippen molar-refractivity contribution in [3.63, 3.8) is 0 Å². The van der Waals surface area contributed by atoms with E-state index in [0.29, 0.717) is 45.0 Å². The van der Waals surface area contributed by atoms with Crippen LogP contribution in [0.15, 0.2) is 18.2 Å². The molecule has 2 aliphatic rings. The van der Waals surface area contributed by atoms with E-state index in [4.69, 9.17) is 11.6 Å². The summed E-state index contributed by atoms with van der Waals surface area (Å²) in [5.74, 6) is 1.96. The maximum atomic E-state index is 10.6. The first kappa shape index (κ1) is 11.4. The lowest BCUT2D eigenvalue weighted by Gasteiger charge is -2.20. The van der Waals surface area contributed by atoms with Crippen LogP contribution in [0.3, 0.4) is 0 Å². The van der Waals surface area contributed by atoms with Crippen LogP contribution in [-0.4, -0.2) is 10.2 Å². The molecule has 0 aromatic heterocycles. The summed E-state index contributed by atoms with van der Waals surface area (Å²) in [5, 5.41) is 23.1. The van der Waals surface area contributed by atoms with Crippen molar-refractivity contribution in [3.8, 4) is 11.5 Å². The molecule has 1 fully saturated rings. The van der Waals surface area contributed by atoms with Gasteiger partial charge in [-0.2, -0.15) is 0 Å². The molecule has 0 amide bonds. The molecule has 1 saturated carbocycles. The number of halogens is 1. The van der Waals surface area contributed by atoms with Crippen molar-refractivity contribution in [1.82, 2.24) is 0 Å². The van der Waals surface area contributed by atoms with Gasteiger partial charge in [0.15, 0.2) is 0 Å². The normalized spacial score (nSPS) is 28.0. The Morgan fingerprint density at radius 2 is 1.58 bits per heavy atom. The zero-order valence-corrected chi connectivity index (χ0v) is 11.4. The minimum Gasteiger partial charge on any atom is -0.507 e. The van der Waals surface area contributed by atoms with Gasteiger partial charge in [0.1, 0.15) is 11.5 Å². The van der Waals surface area contributed by atoms with Gasteiger partial charge in [0.05, 0.1) is 0 Å². The Morgan fingerprint density at radius 1 is 1.00 bits per heavy atom. The summed E-state index contributed by atoms with van der Waals surface area (Å²) in [6, 6.07) is 5.29. The highest BCUT2D eigenvalue weighted by atomic mass is 35.5. The highest BCUT2D eigenvalue weighted by molar-refractivity contribution is 6.31. The average molecular weight is 275 g/mol. The Balaban J connectivity index is 2.15. The maximum Gasteiger partial charge on any atom is 0.127 e. The number of fused-ring (bicyclic) bond motifs is 6. The molecule has 98 valence electrons. The summed E-state index contributed by atoms with van der Waals surface area (Å²) < 4.78 is 0. The molecule has 3 heteroatoms. The molecule has 0 spiro atoms. The van der Waals surface area contributed by atoms with Gasteiger partial charge in [0.2, 0.25) is 0 Å². The first-order chi connectivity index (χ1) is 9.09. The quantitative estimate of drug-likeness (QED) is 0.694. The van der Waals surface area contributed by atoms with E-state index >= 15 is 0 Å². The van der Waals surface area contributed by atoms with E-state index in [1.165, 1.54) is 0 Å². The van der Waals surface area contributed by atoms with Gasteiger partial charge in [0.25, 0.3) is 0 Å². The minimum absolute atomic E-state index is 0.323. The second kappa shape index (κ2) is 3.57. The number of aromatic hydroxyl groups is 2. The molecule has 2 aromatic rings. The lowest BCUT2D eigenvalue weighted by molar-refractivity contribution is 0.452. The Morgan fingerprint density at radius 3 is 2.21 bits per heavy atom. The van der Waals surface area contributed by atoms with Crippen LogP contribution in [0.5, 0.6) is 11.5 Å². The Bertz CT molecular complexity index is 708. The van der Waals surface area contributed by atoms with Crippen LogP contribution in [0, 0.1) is 5.92 Å². The lowest BCUT2D eigenvalue weighted by Crippen LogP contribution is -1.99. The summed E-state index contributed by atoms with van der Waals surface area (Å²) in [5.41, 5.74) is 1.95. The topological polar surface area (TPSA) is 40.5 Å². The Hall–Kier alpha value is -1.41. The molecule has 3 unspecified atom stereocenters. The molecular weight excluding hydrogens is 260 g/mol. The fraction of sp³-hybridized carbons (Fsp3) is 0.375.